The Hall–Kier alpha value is -0.290. The molecule has 0 saturated carbocycles. The minimum absolute atomic E-state index is 0.314. The zero-order valence-corrected chi connectivity index (χ0v) is 11.7. The summed E-state index contributed by atoms with van der Waals surface area (Å²) in [6, 6.07) is 5.36. The maximum absolute atomic E-state index is 10.3. The van der Waals surface area contributed by atoms with Gasteiger partial charge >= 0.3 is 0 Å². The minimum atomic E-state index is -0.718. The van der Waals surface area contributed by atoms with E-state index in [-0.39, 0.29) is 0 Å². The molecule has 1 fully saturated rings. The number of hydrogen-bond acceptors (Lipinski definition) is 3. The van der Waals surface area contributed by atoms with E-state index in [0.717, 1.165) is 30.4 Å². The van der Waals surface area contributed by atoms with Crippen LogP contribution in [0.4, 0.5) is 0 Å². The molecule has 0 spiro atoms. The van der Waals surface area contributed by atoms with Crippen molar-refractivity contribution in [3.63, 3.8) is 0 Å². The predicted molar refractivity (Wildman–Crippen MR) is 71.7 cm³/mol. The van der Waals surface area contributed by atoms with Crippen LogP contribution < -0.4 is 10.1 Å². The lowest BCUT2D eigenvalue weighted by molar-refractivity contribution is -0.0287. The highest BCUT2D eigenvalue weighted by Crippen LogP contribution is 2.29. The van der Waals surface area contributed by atoms with Crippen LogP contribution in [0.1, 0.15) is 12.8 Å². The van der Waals surface area contributed by atoms with Crippen LogP contribution in [0.25, 0.3) is 0 Å². The van der Waals surface area contributed by atoms with Gasteiger partial charge in [0.25, 0.3) is 0 Å². The van der Waals surface area contributed by atoms with Crippen molar-refractivity contribution in [2.45, 2.75) is 18.4 Å². The number of ether oxygens (including phenoxy) is 1. The smallest absolute Gasteiger partial charge is 0.133 e. The third-order valence-corrected chi connectivity index (χ3v) is 3.78. The predicted octanol–water partition coefficient (Wildman–Crippen LogP) is 2.60. The highest BCUT2D eigenvalue weighted by Gasteiger charge is 2.30. The van der Waals surface area contributed by atoms with Gasteiger partial charge in [-0.3, -0.25) is 0 Å². The Morgan fingerprint density at radius 2 is 2.12 bits per heavy atom. The van der Waals surface area contributed by atoms with E-state index in [9.17, 15) is 5.11 Å². The van der Waals surface area contributed by atoms with Crippen molar-refractivity contribution >= 4 is 27.5 Å². The van der Waals surface area contributed by atoms with E-state index < -0.39 is 5.60 Å². The fourth-order valence-corrected chi connectivity index (χ4v) is 2.64. The van der Waals surface area contributed by atoms with E-state index >= 15 is 0 Å². The van der Waals surface area contributed by atoms with Gasteiger partial charge in [0.05, 0.1) is 4.47 Å². The first-order chi connectivity index (χ1) is 8.09. The molecule has 0 bridgehead atoms. The lowest BCUT2D eigenvalue weighted by Gasteiger charge is -2.32. The molecule has 1 aromatic rings. The van der Waals surface area contributed by atoms with Gasteiger partial charge < -0.3 is 15.2 Å². The van der Waals surface area contributed by atoms with E-state index in [1.54, 1.807) is 18.2 Å². The third-order valence-electron chi connectivity index (χ3n) is 2.92. The van der Waals surface area contributed by atoms with Crippen molar-refractivity contribution in [3.8, 4) is 5.75 Å². The molecule has 3 nitrogen and oxygen atoms in total. The average Bonchev–Trinajstić information content (AvgIpc) is 2.29. The minimum Gasteiger partial charge on any atom is -0.489 e. The Morgan fingerprint density at radius 1 is 1.41 bits per heavy atom. The number of halogens is 2. The molecule has 2 rings (SSSR count). The highest BCUT2D eigenvalue weighted by molar-refractivity contribution is 9.10. The zero-order chi connectivity index (χ0) is 12.3. The highest BCUT2D eigenvalue weighted by atomic mass is 79.9. The molecule has 17 heavy (non-hydrogen) atoms. The largest absolute Gasteiger partial charge is 0.489 e. The first-order valence-corrected chi connectivity index (χ1v) is 6.77. The van der Waals surface area contributed by atoms with E-state index in [0.29, 0.717) is 17.4 Å². The lowest BCUT2D eigenvalue weighted by Crippen LogP contribution is -2.46. The van der Waals surface area contributed by atoms with Crippen molar-refractivity contribution in [2.24, 2.45) is 0 Å². The third kappa shape index (κ3) is 3.58. The van der Waals surface area contributed by atoms with Gasteiger partial charge in [-0.05, 0) is 60.1 Å². The monoisotopic (exact) mass is 319 g/mol. The zero-order valence-electron chi connectivity index (χ0n) is 9.38. The molecule has 94 valence electrons. The molecular formula is C12H15BrClNO2. The van der Waals surface area contributed by atoms with Gasteiger partial charge in [-0.15, -0.1) is 0 Å². The van der Waals surface area contributed by atoms with E-state index in [1.807, 2.05) is 0 Å². The number of rotatable bonds is 3. The van der Waals surface area contributed by atoms with Crippen molar-refractivity contribution in [2.75, 3.05) is 19.7 Å². The Morgan fingerprint density at radius 3 is 2.76 bits per heavy atom. The Kier molecular flexibility index (Phi) is 4.31. The summed E-state index contributed by atoms with van der Waals surface area (Å²) < 4.78 is 6.46. The van der Waals surface area contributed by atoms with E-state index in [4.69, 9.17) is 16.3 Å². The average molecular weight is 321 g/mol. The van der Waals surface area contributed by atoms with Gasteiger partial charge in [0, 0.05) is 5.02 Å². The molecule has 1 heterocycles. The molecule has 0 radical (unpaired) electrons. The molecule has 1 aliphatic rings. The number of nitrogens with one attached hydrogen (secondary N) is 1. The van der Waals surface area contributed by atoms with Crippen molar-refractivity contribution in [1.29, 1.82) is 0 Å². The Balaban J connectivity index is 1.97. The number of piperidine rings is 1. The SMILES string of the molecule is OC1(COc2ccc(Cl)cc2Br)CCNCC1. The van der Waals surface area contributed by atoms with Gasteiger partial charge in [-0.1, -0.05) is 11.6 Å². The fraction of sp³-hybridized carbons (Fsp3) is 0.500. The van der Waals surface area contributed by atoms with E-state index in [2.05, 4.69) is 21.2 Å². The summed E-state index contributed by atoms with van der Waals surface area (Å²) in [4.78, 5) is 0. The molecule has 0 aliphatic carbocycles. The summed E-state index contributed by atoms with van der Waals surface area (Å²) in [5, 5.41) is 14.1. The fourth-order valence-electron chi connectivity index (χ4n) is 1.84. The number of hydrogen-bond donors (Lipinski definition) is 2. The summed E-state index contributed by atoms with van der Waals surface area (Å²) in [5.41, 5.74) is -0.718. The van der Waals surface area contributed by atoms with Crippen LogP contribution in [-0.4, -0.2) is 30.4 Å². The van der Waals surface area contributed by atoms with Crippen molar-refractivity contribution < 1.29 is 9.84 Å². The maximum atomic E-state index is 10.3. The molecule has 0 unspecified atom stereocenters. The van der Waals surface area contributed by atoms with Crippen LogP contribution >= 0.6 is 27.5 Å². The van der Waals surface area contributed by atoms with Crippen LogP contribution in [0.15, 0.2) is 22.7 Å². The van der Waals surface area contributed by atoms with Crippen LogP contribution in [-0.2, 0) is 0 Å². The van der Waals surface area contributed by atoms with Crippen molar-refractivity contribution in [3.05, 3.63) is 27.7 Å². The summed E-state index contributed by atoms with van der Waals surface area (Å²) in [6.45, 7) is 1.98. The second kappa shape index (κ2) is 5.57. The second-order valence-electron chi connectivity index (χ2n) is 4.34. The Labute approximate surface area is 114 Å². The molecule has 5 heteroatoms. The van der Waals surface area contributed by atoms with Gasteiger partial charge in [-0.25, -0.2) is 0 Å². The second-order valence-corrected chi connectivity index (χ2v) is 5.63. The molecule has 1 saturated heterocycles. The van der Waals surface area contributed by atoms with Crippen LogP contribution in [0.3, 0.4) is 0 Å². The van der Waals surface area contributed by atoms with E-state index in [1.165, 1.54) is 0 Å². The molecule has 1 aromatic carbocycles. The lowest BCUT2D eigenvalue weighted by atomic mass is 9.94. The normalized spacial score (nSPS) is 19.0. The summed E-state index contributed by atoms with van der Waals surface area (Å²) in [7, 11) is 0. The van der Waals surface area contributed by atoms with Gasteiger partial charge in [0.15, 0.2) is 0 Å². The first kappa shape index (κ1) is 13.1. The number of benzene rings is 1. The number of aliphatic hydroxyl groups is 1. The molecule has 2 N–H and O–H groups in total. The van der Waals surface area contributed by atoms with Crippen LogP contribution in [0.5, 0.6) is 5.75 Å². The molecule has 0 atom stereocenters. The molecule has 1 aliphatic heterocycles. The van der Waals surface area contributed by atoms with Crippen molar-refractivity contribution in [1.82, 2.24) is 5.32 Å². The molecular weight excluding hydrogens is 305 g/mol. The summed E-state index contributed by atoms with van der Waals surface area (Å²) >= 11 is 9.24. The van der Waals surface area contributed by atoms with Gasteiger partial charge in [0.1, 0.15) is 18.0 Å². The van der Waals surface area contributed by atoms with Crippen LogP contribution in [0, 0.1) is 0 Å². The van der Waals surface area contributed by atoms with Gasteiger partial charge in [0.2, 0.25) is 0 Å². The Bertz CT molecular complexity index is 394. The summed E-state index contributed by atoms with van der Waals surface area (Å²) in [6.07, 6.45) is 1.44. The van der Waals surface area contributed by atoms with Crippen LogP contribution in [0.2, 0.25) is 5.02 Å². The molecule has 0 amide bonds. The quantitative estimate of drug-likeness (QED) is 0.899. The first-order valence-electron chi connectivity index (χ1n) is 5.60. The van der Waals surface area contributed by atoms with Gasteiger partial charge in [-0.2, -0.15) is 0 Å². The maximum Gasteiger partial charge on any atom is 0.133 e. The summed E-state index contributed by atoms with van der Waals surface area (Å²) in [5.74, 6) is 0.710. The standard InChI is InChI=1S/C12H15BrClNO2/c13-10-7-9(14)1-2-11(10)17-8-12(16)3-5-15-6-4-12/h1-2,7,15-16H,3-6,8H2. The topological polar surface area (TPSA) is 41.5 Å². The molecule has 0 aromatic heterocycles.